The molecule has 0 saturated heterocycles. The van der Waals surface area contributed by atoms with Gasteiger partial charge in [-0.1, -0.05) is 30.3 Å². The van der Waals surface area contributed by atoms with Crippen LogP contribution < -0.4 is 9.47 Å². The van der Waals surface area contributed by atoms with Gasteiger partial charge in [0.15, 0.2) is 0 Å². The van der Waals surface area contributed by atoms with E-state index in [2.05, 4.69) is 0 Å². The molecule has 2 aromatic carbocycles. The number of benzene rings is 2. The number of rotatable bonds is 5. The average molecular weight is 277 g/mol. The van der Waals surface area contributed by atoms with Gasteiger partial charge in [-0.05, 0) is 30.2 Å². The second-order valence-corrected chi connectivity index (χ2v) is 4.60. The molecule has 0 aromatic heterocycles. The van der Waals surface area contributed by atoms with Crippen molar-refractivity contribution in [1.29, 1.82) is 0 Å². The van der Waals surface area contributed by atoms with E-state index < -0.39 is 0 Å². The first-order valence-electron chi connectivity index (χ1n) is 6.14. The molecule has 0 amide bonds. The second kappa shape index (κ2) is 6.48. The molecule has 2 aromatic rings. The Balaban J connectivity index is 2.14. The largest absolute Gasteiger partial charge is 0.497 e. The molecule has 0 atom stereocenters. The first-order valence-corrected chi connectivity index (χ1v) is 6.68. The summed E-state index contributed by atoms with van der Waals surface area (Å²) in [5, 5.41) is 0. The molecule has 0 aliphatic heterocycles. The fourth-order valence-electron chi connectivity index (χ4n) is 1.94. The lowest BCUT2D eigenvalue weighted by molar-refractivity contribution is 0.300. The van der Waals surface area contributed by atoms with Crippen molar-refractivity contribution in [2.75, 3.05) is 7.11 Å². The highest BCUT2D eigenvalue weighted by Crippen LogP contribution is 2.26. The number of ether oxygens (including phenoxy) is 2. The van der Waals surface area contributed by atoms with Crippen LogP contribution in [0.15, 0.2) is 42.5 Å². The Hall–Kier alpha value is -1.67. The highest BCUT2D eigenvalue weighted by atomic mass is 35.5. The summed E-state index contributed by atoms with van der Waals surface area (Å²) in [4.78, 5) is 0. The van der Waals surface area contributed by atoms with Crippen molar-refractivity contribution in [3.63, 3.8) is 0 Å². The van der Waals surface area contributed by atoms with Crippen LogP contribution in [0.1, 0.15) is 16.7 Å². The van der Waals surface area contributed by atoms with Gasteiger partial charge < -0.3 is 9.47 Å². The standard InChI is InChI=1S/C16H17ClO2/c1-12-5-3-7-14(10-17)16(12)19-11-13-6-4-8-15(9-13)18-2/h3-9H,10-11H2,1-2H3. The van der Waals surface area contributed by atoms with Gasteiger partial charge in [0, 0.05) is 5.56 Å². The van der Waals surface area contributed by atoms with Crippen molar-refractivity contribution in [2.45, 2.75) is 19.4 Å². The first-order chi connectivity index (χ1) is 9.24. The average Bonchev–Trinajstić information content (AvgIpc) is 2.46. The van der Waals surface area contributed by atoms with E-state index in [1.807, 2.05) is 49.4 Å². The third-order valence-electron chi connectivity index (χ3n) is 2.95. The van der Waals surface area contributed by atoms with E-state index in [4.69, 9.17) is 21.1 Å². The Kier molecular flexibility index (Phi) is 4.69. The second-order valence-electron chi connectivity index (χ2n) is 4.34. The molecule has 0 aliphatic carbocycles. The number of hydrogen-bond acceptors (Lipinski definition) is 2. The number of methoxy groups -OCH3 is 1. The first kappa shape index (κ1) is 13.8. The summed E-state index contributed by atoms with van der Waals surface area (Å²) in [6.45, 7) is 2.53. The van der Waals surface area contributed by atoms with Crippen LogP contribution in [-0.4, -0.2) is 7.11 Å². The fraction of sp³-hybridized carbons (Fsp3) is 0.250. The summed E-state index contributed by atoms with van der Waals surface area (Å²) < 4.78 is 11.1. The number of aryl methyl sites for hydroxylation is 1. The molecule has 0 radical (unpaired) electrons. The zero-order valence-corrected chi connectivity index (χ0v) is 11.9. The Labute approximate surface area is 118 Å². The molecule has 19 heavy (non-hydrogen) atoms. The Bertz CT molecular complexity index is 552. The predicted molar refractivity (Wildman–Crippen MR) is 78.1 cm³/mol. The van der Waals surface area contributed by atoms with Crippen LogP contribution in [0.4, 0.5) is 0 Å². The fourth-order valence-corrected chi connectivity index (χ4v) is 2.15. The molecule has 0 aliphatic rings. The van der Waals surface area contributed by atoms with Crippen LogP contribution in [-0.2, 0) is 12.5 Å². The molecule has 0 heterocycles. The lowest BCUT2D eigenvalue weighted by atomic mass is 10.1. The van der Waals surface area contributed by atoms with Gasteiger partial charge in [-0.2, -0.15) is 0 Å². The van der Waals surface area contributed by atoms with Gasteiger partial charge in [0.05, 0.1) is 13.0 Å². The van der Waals surface area contributed by atoms with E-state index in [-0.39, 0.29) is 0 Å². The van der Waals surface area contributed by atoms with Crippen LogP contribution >= 0.6 is 11.6 Å². The van der Waals surface area contributed by atoms with Gasteiger partial charge in [-0.15, -0.1) is 11.6 Å². The molecule has 2 rings (SSSR count). The number of hydrogen-bond donors (Lipinski definition) is 0. The zero-order chi connectivity index (χ0) is 13.7. The molecule has 0 saturated carbocycles. The van der Waals surface area contributed by atoms with Gasteiger partial charge in [0.25, 0.3) is 0 Å². The van der Waals surface area contributed by atoms with Gasteiger partial charge in [-0.3, -0.25) is 0 Å². The Morgan fingerprint density at radius 1 is 1.11 bits per heavy atom. The summed E-state index contributed by atoms with van der Waals surface area (Å²) >= 11 is 5.93. The van der Waals surface area contributed by atoms with Crippen LogP contribution in [0.5, 0.6) is 11.5 Å². The van der Waals surface area contributed by atoms with Crippen LogP contribution in [0.25, 0.3) is 0 Å². The number of para-hydroxylation sites is 1. The normalized spacial score (nSPS) is 10.3. The highest BCUT2D eigenvalue weighted by molar-refractivity contribution is 6.17. The molecule has 0 fully saturated rings. The van der Waals surface area contributed by atoms with Crippen LogP contribution in [0.3, 0.4) is 0 Å². The number of halogens is 1. The minimum Gasteiger partial charge on any atom is -0.497 e. The van der Waals surface area contributed by atoms with E-state index in [1.165, 1.54) is 0 Å². The monoisotopic (exact) mass is 276 g/mol. The van der Waals surface area contributed by atoms with Gasteiger partial charge >= 0.3 is 0 Å². The molecule has 0 N–H and O–H groups in total. The Morgan fingerprint density at radius 3 is 2.63 bits per heavy atom. The van der Waals surface area contributed by atoms with E-state index in [0.717, 1.165) is 28.2 Å². The van der Waals surface area contributed by atoms with Gasteiger partial charge in [-0.25, -0.2) is 0 Å². The quantitative estimate of drug-likeness (QED) is 0.757. The minimum atomic E-state index is 0.453. The van der Waals surface area contributed by atoms with Crippen LogP contribution in [0, 0.1) is 6.92 Å². The van der Waals surface area contributed by atoms with Gasteiger partial charge in [0.2, 0.25) is 0 Å². The van der Waals surface area contributed by atoms with Crippen LogP contribution in [0.2, 0.25) is 0 Å². The molecule has 100 valence electrons. The van der Waals surface area contributed by atoms with Crippen molar-refractivity contribution >= 4 is 11.6 Å². The summed E-state index contributed by atoms with van der Waals surface area (Å²) in [5.41, 5.74) is 3.19. The maximum atomic E-state index is 5.93. The Morgan fingerprint density at radius 2 is 1.89 bits per heavy atom. The lowest BCUT2D eigenvalue weighted by Crippen LogP contribution is -2.00. The molecule has 0 spiro atoms. The van der Waals surface area contributed by atoms with Crippen molar-refractivity contribution in [3.8, 4) is 11.5 Å². The minimum absolute atomic E-state index is 0.453. The topological polar surface area (TPSA) is 18.5 Å². The molecular weight excluding hydrogens is 260 g/mol. The third kappa shape index (κ3) is 3.42. The molecular formula is C16H17ClO2. The zero-order valence-electron chi connectivity index (χ0n) is 11.2. The van der Waals surface area contributed by atoms with E-state index in [9.17, 15) is 0 Å². The van der Waals surface area contributed by atoms with Crippen molar-refractivity contribution in [1.82, 2.24) is 0 Å². The van der Waals surface area contributed by atoms with Gasteiger partial charge in [0.1, 0.15) is 18.1 Å². The summed E-state index contributed by atoms with van der Waals surface area (Å²) in [6.07, 6.45) is 0. The number of alkyl halides is 1. The SMILES string of the molecule is COc1cccc(COc2c(C)cccc2CCl)c1. The summed E-state index contributed by atoms with van der Waals surface area (Å²) in [6, 6.07) is 13.9. The molecule has 0 unspecified atom stereocenters. The van der Waals surface area contributed by atoms with E-state index in [1.54, 1.807) is 7.11 Å². The van der Waals surface area contributed by atoms with Crippen molar-refractivity contribution in [2.24, 2.45) is 0 Å². The van der Waals surface area contributed by atoms with Crippen molar-refractivity contribution < 1.29 is 9.47 Å². The highest BCUT2D eigenvalue weighted by Gasteiger charge is 2.06. The molecule has 3 heteroatoms. The maximum absolute atomic E-state index is 5.93. The predicted octanol–water partition coefficient (Wildman–Crippen LogP) is 4.32. The lowest BCUT2D eigenvalue weighted by Gasteiger charge is -2.13. The molecule has 2 nitrogen and oxygen atoms in total. The van der Waals surface area contributed by atoms with E-state index in [0.29, 0.717) is 12.5 Å². The maximum Gasteiger partial charge on any atom is 0.127 e. The third-order valence-corrected chi connectivity index (χ3v) is 3.24. The summed E-state index contributed by atoms with van der Waals surface area (Å²) in [7, 11) is 1.66. The van der Waals surface area contributed by atoms with E-state index >= 15 is 0 Å². The molecule has 0 bridgehead atoms. The summed E-state index contributed by atoms with van der Waals surface area (Å²) in [5.74, 6) is 2.17. The van der Waals surface area contributed by atoms with Crippen molar-refractivity contribution in [3.05, 3.63) is 59.2 Å². The smallest absolute Gasteiger partial charge is 0.127 e.